The summed E-state index contributed by atoms with van der Waals surface area (Å²) in [6, 6.07) is 12.7. The van der Waals surface area contributed by atoms with Crippen molar-refractivity contribution in [1.82, 2.24) is 4.90 Å². The van der Waals surface area contributed by atoms with E-state index in [9.17, 15) is 9.59 Å². The fourth-order valence-corrected chi connectivity index (χ4v) is 4.33. The van der Waals surface area contributed by atoms with Crippen LogP contribution in [0.3, 0.4) is 0 Å². The third kappa shape index (κ3) is 5.99. The van der Waals surface area contributed by atoms with Crippen LogP contribution in [0.4, 0.5) is 15.3 Å². The molecule has 0 fully saturated rings. The number of hydrogen-bond donors (Lipinski definition) is 0. The molecule has 0 radical (unpaired) electrons. The molecule has 0 saturated carbocycles. The summed E-state index contributed by atoms with van der Waals surface area (Å²) in [6.45, 7) is 9.85. The van der Waals surface area contributed by atoms with E-state index in [1.165, 1.54) is 0 Å². The van der Waals surface area contributed by atoms with Crippen molar-refractivity contribution in [3.05, 3.63) is 53.6 Å². The summed E-state index contributed by atoms with van der Waals surface area (Å²) in [6.07, 6.45) is -0.379. The Balaban J connectivity index is 2.14. The highest BCUT2D eigenvalue weighted by Gasteiger charge is 2.41. The van der Waals surface area contributed by atoms with Gasteiger partial charge in [0.25, 0.3) is 0 Å². The van der Waals surface area contributed by atoms with Crippen LogP contribution in [0.1, 0.15) is 58.2 Å². The minimum absolute atomic E-state index is 0.256. The van der Waals surface area contributed by atoms with Crippen molar-refractivity contribution in [2.75, 3.05) is 25.7 Å². The molecule has 3 rings (SSSR count). The van der Waals surface area contributed by atoms with Gasteiger partial charge in [0.2, 0.25) is 0 Å². The summed E-state index contributed by atoms with van der Waals surface area (Å²) in [5, 5.41) is 0. The Hall–Kier alpha value is -3.42. The van der Waals surface area contributed by atoms with E-state index >= 15 is 0 Å². The molecule has 35 heavy (non-hydrogen) atoms. The molecule has 1 heterocycles. The van der Waals surface area contributed by atoms with E-state index < -0.39 is 17.8 Å². The first-order valence-corrected chi connectivity index (χ1v) is 11.8. The quantitative estimate of drug-likeness (QED) is 0.505. The molecule has 1 aliphatic rings. The lowest BCUT2D eigenvalue weighted by atomic mass is 9.90. The van der Waals surface area contributed by atoms with Gasteiger partial charge in [0, 0.05) is 24.2 Å². The van der Waals surface area contributed by atoms with Gasteiger partial charge in [0.05, 0.1) is 32.6 Å². The minimum Gasteiger partial charge on any atom is -0.493 e. The maximum atomic E-state index is 13.3. The van der Waals surface area contributed by atoms with Gasteiger partial charge in [-0.15, -0.1) is 0 Å². The Bertz CT molecular complexity index is 1030. The number of nitrogens with zero attached hydrogens (tertiary/aromatic N) is 2. The Kier molecular flexibility index (Phi) is 8.14. The summed E-state index contributed by atoms with van der Waals surface area (Å²) in [5.41, 5.74) is 1.69. The number of ether oxygens (including phenoxy) is 4. The summed E-state index contributed by atoms with van der Waals surface area (Å²) in [5.74, 6) is 0.997. The number of anilines is 1. The first-order valence-electron chi connectivity index (χ1n) is 11.8. The van der Waals surface area contributed by atoms with Gasteiger partial charge in [0.1, 0.15) is 5.60 Å². The molecule has 0 spiro atoms. The van der Waals surface area contributed by atoms with Gasteiger partial charge in [-0.2, -0.15) is 0 Å². The summed E-state index contributed by atoms with van der Waals surface area (Å²) in [4.78, 5) is 29.8. The summed E-state index contributed by atoms with van der Waals surface area (Å²) in [7, 11) is 3.11. The lowest BCUT2D eigenvalue weighted by Crippen LogP contribution is -2.49. The van der Waals surface area contributed by atoms with Gasteiger partial charge in [-0.3, -0.25) is 9.80 Å². The smallest absolute Gasteiger partial charge is 0.415 e. The molecule has 0 saturated heterocycles. The van der Waals surface area contributed by atoms with E-state index in [1.54, 1.807) is 37.0 Å². The van der Waals surface area contributed by atoms with Crippen molar-refractivity contribution in [3.8, 4) is 11.5 Å². The highest BCUT2D eigenvalue weighted by molar-refractivity contribution is 5.91. The SMILES string of the molecule is CCOC(=O)N(Cc1ccccc1)C1CC(C)N(C(=O)OC(C)(C)C)c2cc(OC)c(OC)cc21. The van der Waals surface area contributed by atoms with E-state index in [2.05, 4.69) is 0 Å². The van der Waals surface area contributed by atoms with Crippen LogP contribution in [-0.2, 0) is 16.0 Å². The molecule has 2 atom stereocenters. The van der Waals surface area contributed by atoms with Crippen LogP contribution < -0.4 is 14.4 Å². The van der Waals surface area contributed by atoms with E-state index in [4.69, 9.17) is 18.9 Å². The van der Waals surface area contributed by atoms with Crippen molar-refractivity contribution in [2.45, 2.75) is 65.3 Å². The number of rotatable bonds is 6. The number of fused-ring (bicyclic) bond motifs is 1. The Morgan fingerprint density at radius 3 is 2.26 bits per heavy atom. The van der Waals surface area contributed by atoms with Crippen LogP contribution in [0.25, 0.3) is 0 Å². The zero-order chi connectivity index (χ0) is 25.8. The second-order valence-corrected chi connectivity index (χ2v) is 9.53. The fraction of sp³-hybridized carbons (Fsp3) is 0.481. The molecule has 0 aromatic heterocycles. The number of benzene rings is 2. The molecule has 1 aliphatic heterocycles. The van der Waals surface area contributed by atoms with Gasteiger partial charge in [-0.1, -0.05) is 30.3 Å². The van der Waals surface area contributed by atoms with E-state index in [0.717, 1.165) is 11.1 Å². The molecule has 2 unspecified atom stereocenters. The number of carbonyl (C=O) groups excluding carboxylic acids is 2. The van der Waals surface area contributed by atoms with E-state index in [-0.39, 0.29) is 18.7 Å². The largest absolute Gasteiger partial charge is 0.493 e. The van der Waals surface area contributed by atoms with Crippen molar-refractivity contribution in [3.63, 3.8) is 0 Å². The molecule has 2 aromatic rings. The molecular weight excluding hydrogens is 448 g/mol. The maximum Gasteiger partial charge on any atom is 0.415 e. The standard InChI is InChI=1S/C27H36N2O6/c1-8-34-25(30)28(17-19-12-10-9-11-13-19)21-14-18(2)29(26(31)35-27(3,4)5)22-16-24(33-7)23(32-6)15-20(21)22/h9-13,15-16,18,21H,8,14,17H2,1-7H3. The van der Waals surface area contributed by atoms with Gasteiger partial charge in [-0.25, -0.2) is 9.59 Å². The van der Waals surface area contributed by atoms with Gasteiger partial charge in [0.15, 0.2) is 11.5 Å². The second-order valence-electron chi connectivity index (χ2n) is 9.53. The fourth-order valence-electron chi connectivity index (χ4n) is 4.33. The molecule has 2 aromatic carbocycles. The minimum atomic E-state index is -0.658. The second kappa shape index (κ2) is 10.9. The third-order valence-electron chi connectivity index (χ3n) is 5.82. The Labute approximate surface area is 207 Å². The molecule has 190 valence electrons. The van der Waals surface area contributed by atoms with Crippen molar-refractivity contribution >= 4 is 17.9 Å². The average molecular weight is 485 g/mol. The van der Waals surface area contributed by atoms with Gasteiger partial charge < -0.3 is 18.9 Å². The predicted molar refractivity (Wildman–Crippen MR) is 134 cm³/mol. The highest BCUT2D eigenvalue weighted by atomic mass is 16.6. The molecular formula is C27H36N2O6. The zero-order valence-corrected chi connectivity index (χ0v) is 21.7. The number of hydrogen-bond acceptors (Lipinski definition) is 6. The van der Waals surface area contributed by atoms with Crippen LogP contribution >= 0.6 is 0 Å². The van der Waals surface area contributed by atoms with Crippen LogP contribution in [-0.4, -0.2) is 49.6 Å². The zero-order valence-electron chi connectivity index (χ0n) is 21.7. The van der Waals surface area contributed by atoms with Crippen molar-refractivity contribution < 1.29 is 28.5 Å². The monoisotopic (exact) mass is 484 g/mol. The van der Waals surface area contributed by atoms with Gasteiger partial charge in [-0.05, 0) is 52.7 Å². The normalized spacial score (nSPS) is 17.3. The average Bonchev–Trinajstić information content (AvgIpc) is 2.80. The number of methoxy groups -OCH3 is 2. The van der Waals surface area contributed by atoms with Crippen LogP contribution in [0.2, 0.25) is 0 Å². The predicted octanol–water partition coefficient (Wildman–Crippen LogP) is 5.94. The molecule has 0 N–H and O–H groups in total. The van der Waals surface area contributed by atoms with Crippen LogP contribution in [0.15, 0.2) is 42.5 Å². The topological polar surface area (TPSA) is 77.5 Å². The molecule has 8 nitrogen and oxygen atoms in total. The first-order chi connectivity index (χ1) is 16.6. The first kappa shape index (κ1) is 26.2. The van der Waals surface area contributed by atoms with Gasteiger partial charge >= 0.3 is 12.2 Å². The summed E-state index contributed by atoms with van der Waals surface area (Å²) >= 11 is 0. The van der Waals surface area contributed by atoms with Crippen molar-refractivity contribution in [1.29, 1.82) is 0 Å². The summed E-state index contributed by atoms with van der Waals surface area (Å²) < 4.78 is 22.3. The van der Waals surface area contributed by atoms with E-state index in [1.807, 2.05) is 64.1 Å². The molecule has 0 bridgehead atoms. The molecule has 8 heteroatoms. The Morgan fingerprint density at radius 2 is 1.69 bits per heavy atom. The highest BCUT2D eigenvalue weighted by Crippen LogP contribution is 2.46. The number of amides is 2. The third-order valence-corrected chi connectivity index (χ3v) is 5.82. The lowest BCUT2D eigenvalue weighted by molar-refractivity contribution is 0.0542. The lowest BCUT2D eigenvalue weighted by Gasteiger charge is -2.43. The van der Waals surface area contributed by atoms with Crippen LogP contribution in [0.5, 0.6) is 11.5 Å². The van der Waals surface area contributed by atoms with E-state index in [0.29, 0.717) is 30.2 Å². The Morgan fingerprint density at radius 1 is 1.06 bits per heavy atom. The molecule has 2 amide bonds. The number of carbonyl (C=O) groups is 2. The molecule has 0 aliphatic carbocycles. The van der Waals surface area contributed by atoms with Crippen LogP contribution in [0, 0.1) is 0 Å². The maximum absolute atomic E-state index is 13.3. The van der Waals surface area contributed by atoms with Crippen molar-refractivity contribution in [2.24, 2.45) is 0 Å².